The van der Waals surface area contributed by atoms with Gasteiger partial charge < -0.3 is 30.1 Å². The van der Waals surface area contributed by atoms with Gasteiger partial charge in [0, 0.05) is 91.0 Å². The summed E-state index contributed by atoms with van der Waals surface area (Å²) in [4.78, 5) is 38.6. The molecule has 2 aliphatic heterocycles. The van der Waals surface area contributed by atoms with Crippen LogP contribution in [0.5, 0.6) is 11.5 Å². The van der Waals surface area contributed by atoms with Crippen LogP contribution in [0.25, 0.3) is 10.9 Å². The van der Waals surface area contributed by atoms with Crippen LogP contribution in [0.1, 0.15) is 54.7 Å². The van der Waals surface area contributed by atoms with Crippen molar-refractivity contribution in [1.29, 1.82) is 0 Å². The topological polar surface area (TPSA) is 90.0 Å². The fourth-order valence-corrected chi connectivity index (χ4v) is 7.69. The van der Waals surface area contributed by atoms with Crippen LogP contribution < -0.4 is 25.2 Å². The number of carbonyl (C=O) groups is 2. The molecule has 4 aromatic carbocycles. The van der Waals surface area contributed by atoms with Crippen LogP contribution in [0.3, 0.4) is 0 Å². The lowest BCUT2D eigenvalue weighted by Crippen LogP contribution is -2.50. The van der Waals surface area contributed by atoms with E-state index in [-0.39, 0.29) is 18.4 Å². The number of benzene rings is 4. The minimum absolute atomic E-state index is 0.0480. The fourth-order valence-electron chi connectivity index (χ4n) is 7.69. The maximum atomic E-state index is 14.5. The smallest absolute Gasteiger partial charge is 0.255 e. The molecule has 9 nitrogen and oxygen atoms in total. The fraction of sp³-hybridized carbons (Fsp3) is 0.293. The molecule has 0 radical (unpaired) electrons. The summed E-state index contributed by atoms with van der Waals surface area (Å²) in [6.07, 6.45) is 1.72. The van der Waals surface area contributed by atoms with E-state index in [1.54, 1.807) is 6.20 Å². The first-order valence-electron chi connectivity index (χ1n) is 17.7. The highest BCUT2D eigenvalue weighted by Crippen LogP contribution is 2.58. The third kappa shape index (κ3) is 5.51. The lowest BCUT2D eigenvalue weighted by molar-refractivity contribution is -0.115. The molecule has 0 fully saturated rings. The zero-order valence-electron chi connectivity index (χ0n) is 29.2. The molecule has 1 aromatic heterocycles. The zero-order chi connectivity index (χ0) is 34.8. The number of carbonyl (C=O) groups excluding carboxylic acids is 2. The summed E-state index contributed by atoms with van der Waals surface area (Å²) < 4.78 is 6.80. The molecule has 3 heterocycles. The maximum Gasteiger partial charge on any atom is 0.255 e. The van der Waals surface area contributed by atoms with Crippen molar-refractivity contribution in [1.82, 2.24) is 15.2 Å². The van der Waals surface area contributed by atoms with E-state index >= 15 is 0 Å². The molecule has 50 heavy (non-hydrogen) atoms. The Kier molecular flexibility index (Phi) is 9.16. The highest BCUT2D eigenvalue weighted by molar-refractivity contribution is 6.03. The van der Waals surface area contributed by atoms with Crippen molar-refractivity contribution in [3.63, 3.8) is 0 Å². The Morgan fingerprint density at radius 1 is 0.780 bits per heavy atom. The van der Waals surface area contributed by atoms with Gasteiger partial charge in [-0.2, -0.15) is 0 Å². The molecule has 0 aliphatic carbocycles. The molecule has 7 rings (SSSR count). The molecule has 2 aliphatic rings. The van der Waals surface area contributed by atoms with E-state index in [1.807, 2.05) is 53.4 Å². The van der Waals surface area contributed by atoms with Gasteiger partial charge >= 0.3 is 0 Å². The molecule has 2 amide bonds. The van der Waals surface area contributed by atoms with Gasteiger partial charge in [0.05, 0.1) is 17.7 Å². The molecular weight excluding hydrogens is 624 g/mol. The van der Waals surface area contributed by atoms with Gasteiger partial charge in [-0.05, 0) is 63.6 Å². The third-order valence-corrected chi connectivity index (χ3v) is 10.1. The summed E-state index contributed by atoms with van der Waals surface area (Å²) in [5, 5.41) is 7.26. The van der Waals surface area contributed by atoms with E-state index in [0.29, 0.717) is 24.3 Å². The molecule has 5 aromatic rings. The van der Waals surface area contributed by atoms with E-state index in [2.05, 4.69) is 95.6 Å². The molecule has 0 atom stereocenters. The highest BCUT2D eigenvalue weighted by atomic mass is 16.5. The number of pyridine rings is 1. The van der Waals surface area contributed by atoms with E-state index in [9.17, 15) is 9.59 Å². The average Bonchev–Trinajstić information content (AvgIpc) is 3.38. The normalized spacial score (nSPS) is 13.8. The third-order valence-electron chi connectivity index (χ3n) is 10.1. The van der Waals surface area contributed by atoms with E-state index in [1.165, 1.54) is 0 Å². The highest BCUT2D eigenvalue weighted by Gasteiger charge is 2.56. The summed E-state index contributed by atoms with van der Waals surface area (Å²) in [5.41, 5.74) is 6.11. The van der Waals surface area contributed by atoms with E-state index < -0.39 is 5.54 Å². The monoisotopic (exact) mass is 668 g/mol. The molecule has 2 N–H and O–H groups in total. The minimum atomic E-state index is -0.918. The van der Waals surface area contributed by atoms with Gasteiger partial charge in [0.15, 0.2) is 0 Å². The van der Waals surface area contributed by atoms with Crippen LogP contribution in [-0.4, -0.2) is 67.5 Å². The van der Waals surface area contributed by atoms with Crippen molar-refractivity contribution < 1.29 is 14.3 Å². The number of para-hydroxylation sites is 1. The quantitative estimate of drug-likeness (QED) is 0.138. The van der Waals surface area contributed by atoms with Crippen molar-refractivity contribution in [2.45, 2.75) is 33.2 Å². The predicted molar refractivity (Wildman–Crippen MR) is 201 cm³/mol. The average molecular weight is 669 g/mol. The molecule has 0 saturated heterocycles. The van der Waals surface area contributed by atoms with Crippen molar-refractivity contribution in [3.8, 4) is 11.5 Å². The summed E-state index contributed by atoms with van der Waals surface area (Å²) in [5.74, 6) is 1.25. The van der Waals surface area contributed by atoms with Gasteiger partial charge in [-0.3, -0.25) is 14.6 Å². The number of fused-ring (bicyclic) bond motifs is 7. The SMILES string of the molecule is CCN(CC)c1ccc2c(c1)Oc1cc(N(CC)CC)ccc1C21c2ccccc2C(=O)N1CCNCC(=O)Nc1cccc2cccnc12. The largest absolute Gasteiger partial charge is 0.456 e. The molecule has 1 spiro atoms. The lowest BCUT2D eigenvalue weighted by Gasteiger charge is -2.45. The zero-order valence-corrected chi connectivity index (χ0v) is 29.2. The number of rotatable bonds is 12. The number of aromatic nitrogens is 1. The Labute approximate surface area is 293 Å². The standard InChI is InChI=1S/C41H44N6O3/c1-5-45(6-2)29-18-20-33-36(25-29)50-37-26-30(46(7-3)8-4)19-21-34(37)41(33)32-16-10-9-15-31(32)40(49)47(41)24-23-42-27-38(48)44-35-17-11-13-28-14-12-22-43-39(28)35/h9-22,25-26,42H,5-8,23-24,27H2,1-4H3,(H,44,48). The van der Waals surface area contributed by atoms with Crippen LogP contribution >= 0.6 is 0 Å². The summed E-state index contributed by atoms with van der Waals surface area (Å²) >= 11 is 0. The first-order chi connectivity index (χ1) is 24.4. The first kappa shape index (κ1) is 33.1. The van der Waals surface area contributed by atoms with Crippen molar-refractivity contribution in [2.75, 3.05) is 60.9 Å². The Balaban J connectivity index is 1.24. The second kappa shape index (κ2) is 13.8. The van der Waals surface area contributed by atoms with Gasteiger partial charge in [0.2, 0.25) is 5.91 Å². The summed E-state index contributed by atoms with van der Waals surface area (Å²) in [6.45, 7) is 12.9. The van der Waals surface area contributed by atoms with Crippen molar-refractivity contribution >= 4 is 39.8 Å². The number of ether oxygens (including phenoxy) is 1. The molecule has 0 unspecified atom stereocenters. The summed E-state index contributed by atoms with van der Waals surface area (Å²) in [6, 6.07) is 30.3. The van der Waals surface area contributed by atoms with Gasteiger partial charge in [0.1, 0.15) is 17.0 Å². The Bertz CT molecular complexity index is 1990. The van der Waals surface area contributed by atoms with Gasteiger partial charge in [0.25, 0.3) is 5.91 Å². The van der Waals surface area contributed by atoms with Gasteiger partial charge in [-0.25, -0.2) is 0 Å². The summed E-state index contributed by atoms with van der Waals surface area (Å²) in [7, 11) is 0. The Morgan fingerprint density at radius 3 is 2.08 bits per heavy atom. The van der Waals surface area contributed by atoms with Crippen molar-refractivity contribution in [3.05, 3.63) is 119 Å². The van der Waals surface area contributed by atoms with E-state index in [0.717, 1.165) is 76.6 Å². The van der Waals surface area contributed by atoms with Gasteiger partial charge in [-0.1, -0.05) is 48.5 Å². The molecule has 0 saturated carbocycles. The van der Waals surface area contributed by atoms with Crippen LogP contribution in [0.15, 0.2) is 97.2 Å². The van der Waals surface area contributed by atoms with Gasteiger partial charge in [-0.15, -0.1) is 0 Å². The second-order valence-electron chi connectivity index (χ2n) is 12.6. The minimum Gasteiger partial charge on any atom is -0.456 e. The number of nitrogens with zero attached hydrogens (tertiary/aromatic N) is 4. The maximum absolute atomic E-state index is 14.5. The number of hydrogen-bond acceptors (Lipinski definition) is 7. The number of nitrogens with one attached hydrogen (secondary N) is 2. The molecule has 9 heteroatoms. The Morgan fingerprint density at radius 2 is 1.42 bits per heavy atom. The van der Waals surface area contributed by atoms with E-state index in [4.69, 9.17) is 4.74 Å². The lowest BCUT2D eigenvalue weighted by atomic mass is 9.74. The molecule has 256 valence electrons. The van der Waals surface area contributed by atoms with Crippen molar-refractivity contribution in [2.24, 2.45) is 0 Å². The molecular formula is C41H44N6O3. The second-order valence-corrected chi connectivity index (χ2v) is 12.6. The number of amides is 2. The Hall–Kier alpha value is -5.41. The molecule has 0 bridgehead atoms. The van der Waals surface area contributed by atoms with Crippen LogP contribution in [-0.2, 0) is 10.3 Å². The number of hydrogen-bond donors (Lipinski definition) is 2. The predicted octanol–water partition coefficient (Wildman–Crippen LogP) is 7.01. The van der Waals surface area contributed by atoms with Crippen LogP contribution in [0.2, 0.25) is 0 Å². The van der Waals surface area contributed by atoms with Crippen LogP contribution in [0.4, 0.5) is 17.1 Å². The van der Waals surface area contributed by atoms with Crippen LogP contribution in [0, 0.1) is 0 Å². The first-order valence-corrected chi connectivity index (χ1v) is 17.7. The number of anilines is 3.